The summed E-state index contributed by atoms with van der Waals surface area (Å²) in [6, 6.07) is 19.5. The van der Waals surface area contributed by atoms with Gasteiger partial charge in [-0.05, 0) is 47.5 Å². The minimum absolute atomic E-state index is 0.0951. The maximum Gasteiger partial charge on any atom is 0.349 e. The fourth-order valence-electron chi connectivity index (χ4n) is 3.43. The molecule has 4 rings (SSSR count). The van der Waals surface area contributed by atoms with Gasteiger partial charge in [-0.1, -0.05) is 30.3 Å². The van der Waals surface area contributed by atoms with Crippen molar-refractivity contribution in [2.75, 3.05) is 26.6 Å². The lowest BCUT2D eigenvalue weighted by Gasteiger charge is -2.11. The van der Waals surface area contributed by atoms with E-state index in [1.54, 1.807) is 38.5 Å². The Morgan fingerprint density at radius 3 is 2.25 bits per heavy atom. The van der Waals surface area contributed by atoms with E-state index in [0.29, 0.717) is 33.9 Å². The molecule has 0 aliphatic carbocycles. The summed E-state index contributed by atoms with van der Waals surface area (Å²) in [6.45, 7) is 0. The van der Waals surface area contributed by atoms with Crippen molar-refractivity contribution in [3.05, 3.63) is 82.7 Å². The molecule has 0 saturated heterocycles. The van der Waals surface area contributed by atoms with Gasteiger partial charge < -0.3 is 23.9 Å². The minimum Gasteiger partial charge on any atom is -0.493 e. The Kier molecular flexibility index (Phi) is 5.81. The molecule has 0 atom stereocenters. The molecule has 1 heterocycles. The molecular weight excluding hydrogens is 410 g/mol. The van der Waals surface area contributed by atoms with E-state index in [2.05, 4.69) is 5.32 Å². The largest absolute Gasteiger partial charge is 0.493 e. The molecule has 0 spiro atoms. The summed E-state index contributed by atoms with van der Waals surface area (Å²) in [6.07, 6.45) is 0. The lowest BCUT2D eigenvalue weighted by Crippen LogP contribution is -2.20. The zero-order chi connectivity index (χ0) is 22.7. The highest BCUT2D eigenvalue weighted by Crippen LogP contribution is 2.33. The quantitative estimate of drug-likeness (QED) is 0.444. The molecule has 7 nitrogen and oxygen atoms in total. The van der Waals surface area contributed by atoms with Crippen LogP contribution in [0.1, 0.15) is 10.4 Å². The lowest BCUT2D eigenvalue weighted by atomic mass is 10.0. The summed E-state index contributed by atoms with van der Waals surface area (Å²) in [5, 5.41) is 3.36. The molecule has 162 valence electrons. The molecule has 0 fully saturated rings. The second kappa shape index (κ2) is 8.85. The smallest absolute Gasteiger partial charge is 0.349 e. The van der Waals surface area contributed by atoms with Gasteiger partial charge in [-0.15, -0.1) is 0 Å². The molecule has 3 aromatic carbocycles. The third-order valence-electron chi connectivity index (χ3n) is 5.03. The predicted octanol–water partition coefficient (Wildman–Crippen LogP) is 4.74. The fraction of sp³-hybridized carbons (Fsp3) is 0.120. The van der Waals surface area contributed by atoms with Crippen molar-refractivity contribution < 1.29 is 23.4 Å². The summed E-state index contributed by atoms with van der Waals surface area (Å²) in [5.41, 5.74) is 1.74. The fourth-order valence-corrected chi connectivity index (χ4v) is 3.43. The number of carbonyl (C=O) groups is 1. The molecule has 0 saturated carbocycles. The van der Waals surface area contributed by atoms with Gasteiger partial charge in [-0.25, -0.2) is 4.79 Å². The summed E-state index contributed by atoms with van der Waals surface area (Å²) in [5.74, 6) is 1.09. The number of anilines is 1. The molecule has 1 N–H and O–H groups in total. The highest BCUT2D eigenvalue weighted by atomic mass is 16.5. The van der Waals surface area contributed by atoms with Crippen LogP contribution in [0.2, 0.25) is 0 Å². The molecule has 1 amide bonds. The number of fused-ring (bicyclic) bond motifs is 1. The van der Waals surface area contributed by atoms with E-state index in [4.69, 9.17) is 18.6 Å². The molecule has 4 aromatic rings. The van der Waals surface area contributed by atoms with Crippen LogP contribution in [-0.2, 0) is 0 Å². The maximum atomic E-state index is 12.8. The van der Waals surface area contributed by atoms with E-state index in [1.165, 1.54) is 13.2 Å². The van der Waals surface area contributed by atoms with Gasteiger partial charge in [0, 0.05) is 11.1 Å². The van der Waals surface area contributed by atoms with Crippen LogP contribution in [-0.4, -0.2) is 27.2 Å². The van der Waals surface area contributed by atoms with Crippen LogP contribution in [0.15, 0.2) is 75.9 Å². The van der Waals surface area contributed by atoms with E-state index in [1.807, 2.05) is 36.4 Å². The monoisotopic (exact) mass is 431 g/mol. The van der Waals surface area contributed by atoms with Gasteiger partial charge in [0.25, 0.3) is 5.91 Å². The number of ether oxygens (including phenoxy) is 3. The second-order valence-corrected chi connectivity index (χ2v) is 6.93. The Morgan fingerprint density at radius 2 is 1.50 bits per heavy atom. The average Bonchev–Trinajstić information content (AvgIpc) is 2.82. The van der Waals surface area contributed by atoms with Crippen LogP contribution < -0.4 is 25.2 Å². The Morgan fingerprint density at radius 1 is 0.781 bits per heavy atom. The lowest BCUT2D eigenvalue weighted by molar-refractivity contribution is 0.102. The number of para-hydroxylation sites is 1. The summed E-state index contributed by atoms with van der Waals surface area (Å²) < 4.78 is 21.2. The van der Waals surface area contributed by atoms with Crippen molar-refractivity contribution in [1.29, 1.82) is 0 Å². The molecule has 7 heteroatoms. The van der Waals surface area contributed by atoms with Crippen molar-refractivity contribution in [2.45, 2.75) is 0 Å². The van der Waals surface area contributed by atoms with Crippen molar-refractivity contribution in [1.82, 2.24) is 0 Å². The van der Waals surface area contributed by atoms with Gasteiger partial charge in [-0.2, -0.15) is 0 Å². The zero-order valence-electron chi connectivity index (χ0n) is 17.8. The molecule has 32 heavy (non-hydrogen) atoms. The molecule has 0 aliphatic rings. The Hall–Kier alpha value is -4.26. The van der Waals surface area contributed by atoms with Crippen molar-refractivity contribution >= 4 is 22.6 Å². The van der Waals surface area contributed by atoms with Gasteiger partial charge in [0.05, 0.1) is 21.3 Å². The number of rotatable bonds is 6. The number of hydrogen-bond acceptors (Lipinski definition) is 6. The first-order valence-corrected chi connectivity index (χ1v) is 9.78. The number of hydrogen-bond donors (Lipinski definition) is 1. The van der Waals surface area contributed by atoms with E-state index >= 15 is 0 Å². The standard InChI is InChI=1S/C25H21NO6/c1-29-20-11-10-16(14-22(20)31-3)15-6-4-8-18(12-15)26-24(27)19-13-17-7-5-9-21(30-2)23(17)32-25(19)28/h4-14H,1-3H3,(H,26,27). The maximum absolute atomic E-state index is 12.8. The topological polar surface area (TPSA) is 87.0 Å². The second-order valence-electron chi connectivity index (χ2n) is 6.93. The van der Waals surface area contributed by atoms with E-state index in [-0.39, 0.29) is 5.56 Å². The molecular formula is C25H21NO6. The zero-order valence-corrected chi connectivity index (χ0v) is 17.8. The number of amides is 1. The van der Waals surface area contributed by atoms with E-state index < -0.39 is 11.5 Å². The minimum atomic E-state index is -0.740. The molecule has 1 aromatic heterocycles. The average molecular weight is 431 g/mol. The Labute approximate surface area is 184 Å². The molecule has 0 bridgehead atoms. The summed E-state index contributed by atoms with van der Waals surface area (Å²) >= 11 is 0. The van der Waals surface area contributed by atoms with Crippen LogP contribution in [0.25, 0.3) is 22.1 Å². The van der Waals surface area contributed by atoms with Gasteiger partial charge in [0.15, 0.2) is 22.8 Å². The Bertz CT molecular complexity index is 1360. The predicted molar refractivity (Wildman–Crippen MR) is 122 cm³/mol. The van der Waals surface area contributed by atoms with Crippen LogP contribution >= 0.6 is 0 Å². The van der Waals surface area contributed by atoms with Crippen LogP contribution in [0.3, 0.4) is 0 Å². The highest BCUT2D eigenvalue weighted by Gasteiger charge is 2.16. The van der Waals surface area contributed by atoms with Gasteiger partial charge in [0.1, 0.15) is 5.56 Å². The highest BCUT2D eigenvalue weighted by molar-refractivity contribution is 6.05. The van der Waals surface area contributed by atoms with E-state index in [0.717, 1.165) is 11.1 Å². The third-order valence-corrected chi connectivity index (χ3v) is 5.03. The van der Waals surface area contributed by atoms with Crippen LogP contribution in [0.4, 0.5) is 5.69 Å². The Balaban J connectivity index is 1.64. The third kappa shape index (κ3) is 4.00. The van der Waals surface area contributed by atoms with Gasteiger partial charge >= 0.3 is 5.63 Å². The SMILES string of the molecule is COc1ccc(-c2cccc(NC(=O)c3cc4cccc(OC)c4oc3=O)c2)cc1OC. The van der Waals surface area contributed by atoms with Gasteiger partial charge in [-0.3, -0.25) is 4.79 Å². The van der Waals surface area contributed by atoms with Crippen molar-refractivity contribution in [3.63, 3.8) is 0 Å². The summed E-state index contributed by atoms with van der Waals surface area (Å²) in [4.78, 5) is 25.3. The number of carbonyl (C=O) groups excluding carboxylic acids is 1. The number of nitrogens with one attached hydrogen (secondary N) is 1. The van der Waals surface area contributed by atoms with Crippen LogP contribution in [0.5, 0.6) is 17.2 Å². The number of benzene rings is 3. The molecule has 0 radical (unpaired) electrons. The van der Waals surface area contributed by atoms with Crippen LogP contribution in [0, 0.1) is 0 Å². The van der Waals surface area contributed by atoms with E-state index in [9.17, 15) is 9.59 Å². The molecule has 0 unspecified atom stereocenters. The van der Waals surface area contributed by atoms with Gasteiger partial charge in [0.2, 0.25) is 0 Å². The summed E-state index contributed by atoms with van der Waals surface area (Å²) in [7, 11) is 4.64. The van der Waals surface area contributed by atoms with Crippen molar-refractivity contribution in [2.24, 2.45) is 0 Å². The van der Waals surface area contributed by atoms with Crippen molar-refractivity contribution in [3.8, 4) is 28.4 Å². The normalized spacial score (nSPS) is 10.6. The first kappa shape index (κ1) is 21.0. The first-order chi connectivity index (χ1) is 15.5. The first-order valence-electron chi connectivity index (χ1n) is 9.78. The molecule has 0 aliphatic heterocycles. The number of methoxy groups -OCH3 is 3.